The van der Waals surface area contributed by atoms with Crippen LogP contribution in [0.5, 0.6) is 11.5 Å². The summed E-state index contributed by atoms with van der Waals surface area (Å²) in [7, 11) is 1.54. The molecule has 3 aromatic rings. The van der Waals surface area contributed by atoms with Gasteiger partial charge in [-0.05, 0) is 68.5 Å². The molecule has 0 radical (unpaired) electrons. The molecule has 0 bridgehead atoms. The summed E-state index contributed by atoms with van der Waals surface area (Å²) in [5.74, 6) is -0.121. The Morgan fingerprint density at radius 1 is 1.02 bits per heavy atom. The summed E-state index contributed by atoms with van der Waals surface area (Å²) in [6.07, 6.45) is 1.99. The van der Waals surface area contributed by atoms with Crippen molar-refractivity contribution in [3.8, 4) is 11.5 Å². The molecule has 10 heteroatoms. The number of carbonyl (C=O) groups is 3. The normalized spacial score (nSPS) is 20.3. The third kappa shape index (κ3) is 6.00. The molecule has 9 nitrogen and oxygen atoms in total. The Morgan fingerprint density at radius 2 is 1.80 bits per heavy atom. The first-order valence-electron chi connectivity index (χ1n) is 14.0. The standard InChI is InChI=1S/C31H36ClN3O6/c1-5-40-31(38)25-17-34(29(36)11-20-13-33-26-12-22(32)7-8-23(20)26)14-21-15-35(16-24(21)25)30(37)19-6-9-27(41-18(2)3)28(10-19)39-4/h6-10,12-13,18,21,24-25,33H,5,11,14-17H2,1-4H3. The maximum absolute atomic E-state index is 13.6. The molecule has 0 spiro atoms. The number of amides is 2. The molecule has 0 aliphatic carbocycles. The van der Waals surface area contributed by atoms with E-state index in [9.17, 15) is 14.4 Å². The fourth-order valence-electron chi connectivity index (χ4n) is 6.06. The highest BCUT2D eigenvalue weighted by Crippen LogP contribution is 2.38. The van der Waals surface area contributed by atoms with Crippen molar-refractivity contribution in [3.05, 3.63) is 58.7 Å². The van der Waals surface area contributed by atoms with Crippen molar-refractivity contribution in [1.82, 2.24) is 14.8 Å². The quantitative estimate of drug-likeness (QED) is 0.391. The Hall–Kier alpha value is -3.72. The molecule has 1 N–H and O–H groups in total. The molecule has 0 saturated carbocycles. The van der Waals surface area contributed by atoms with Gasteiger partial charge in [0.2, 0.25) is 5.91 Å². The molecule has 2 saturated heterocycles. The number of ether oxygens (including phenoxy) is 3. The summed E-state index contributed by atoms with van der Waals surface area (Å²) in [5.41, 5.74) is 2.23. The summed E-state index contributed by atoms with van der Waals surface area (Å²) < 4.78 is 16.7. The van der Waals surface area contributed by atoms with Crippen molar-refractivity contribution in [3.63, 3.8) is 0 Å². The zero-order chi connectivity index (χ0) is 29.3. The fraction of sp³-hybridized carbons (Fsp3) is 0.452. The molecule has 2 aliphatic heterocycles. The molecule has 218 valence electrons. The van der Waals surface area contributed by atoms with Crippen molar-refractivity contribution in [2.24, 2.45) is 17.8 Å². The second-order valence-corrected chi connectivity index (χ2v) is 11.4. The fourth-order valence-corrected chi connectivity index (χ4v) is 6.23. The van der Waals surface area contributed by atoms with Gasteiger partial charge in [0.1, 0.15) is 0 Å². The number of nitrogens with one attached hydrogen (secondary N) is 1. The van der Waals surface area contributed by atoms with Gasteiger partial charge in [-0.2, -0.15) is 0 Å². The molecule has 3 atom stereocenters. The van der Waals surface area contributed by atoms with Gasteiger partial charge in [0, 0.05) is 53.9 Å². The number of nitrogens with zero attached hydrogens (tertiary/aromatic N) is 2. The minimum absolute atomic E-state index is 0.0351. The van der Waals surface area contributed by atoms with Crippen molar-refractivity contribution < 1.29 is 28.6 Å². The van der Waals surface area contributed by atoms with E-state index >= 15 is 0 Å². The van der Waals surface area contributed by atoms with Crippen molar-refractivity contribution in [2.75, 3.05) is 39.9 Å². The van der Waals surface area contributed by atoms with Crippen molar-refractivity contribution in [2.45, 2.75) is 33.3 Å². The smallest absolute Gasteiger partial charge is 0.311 e. The second-order valence-electron chi connectivity index (χ2n) is 11.0. The number of aromatic nitrogens is 1. The number of esters is 1. The van der Waals surface area contributed by atoms with Crippen LogP contribution in [0.25, 0.3) is 10.9 Å². The van der Waals surface area contributed by atoms with E-state index in [1.165, 1.54) is 0 Å². The number of methoxy groups -OCH3 is 1. The summed E-state index contributed by atoms with van der Waals surface area (Å²) >= 11 is 6.11. The first-order chi connectivity index (χ1) is 19.7. The first kappa shape index (κ1) is 28.8. The minimum Gasteiger partial charge on any atom is -0.493 e. The molecule has 2 fully saturated rings. The molecule has 5 rings (SSSR count). The van der Waals surface area contributed by atoms with Gasteiger partial charge in [-0.3, -0.25) is 14.4 Å². The maximum Gasteiger partial charge on any atom is 0.311 e. The number of fused-ring (bicyclic) bond motifs is 2. The van der Waals surface area contributed by atoms with E-state index in [2.05, 4.69) is 4.98 Å². The second kappa shape index (κ2) is 12.0. The molecule has 1 aromatic heterocycles. The Bertz CT molecular complexity index is 1450. The average molecular weight is 582 g/mol. The predicted octanol–water partition coefficient (Wildman–Crippen LogP) is 4.57. The number of hydrogen-bond donors (Lipinski definition) is 1. The third-order valence-electron chi connectivity index (χ3n) is 7.95. The number of carbonyl (C=O) groups excluding carboxylic acids is 3. The molecular weight excluding hydrogens is 546 g/mol. The van der Waals surface area contributed by atoms with Crippen molar-refractivity contribution in [1.29, 1.82) is 0 Å². The lowest BCUT2D eigenvalue weighted by atomic mass is 9.79. The van der Waals surface area contributed by atoms with Crippen LogP contribution >= 0.6 is 11.6 Å². The highest BCUT2D eigenvalue weighted by molar-refractivity contribution is 6.31. The van der Waals surface area contributed by atoms with E-state index in [0.717, 1.165) is 16.5 Å². The Labute approximate surface area is 244 Å². The Morgan fingerprint density at radius 3 is 2.54 bits per heavy atom. The van der Waals surface area contributed by atoms with Gasteiger partial charge >= 0.3 is 5.97 Å². The topological polar surface area (TPSA) is 101 Å². The molecule has 2 aromatic carbocycles. The van der Waals surface area contributed by atoms with E-state index < -0.39 is 5.92 Å². The van der Waals surface area contributed by atoms with E-state index in [1.807, 2.05) is 32.2 Å². The van der Waals surface area contributed by atoms with E-state index in [-0.39, 0.29) is 55.3 Å². The van der Waals surface area contributed by atoms with Crippen LogP contribution in [0.2, 0.25) is 5.02 Å². The van der Waals surface area contributed by atoms with Crippen LogP contribution in [0, 0.1) is 17.8 Å². The van der Waals surface area contributed by atoms with Crippen molar-refractivity contribution >= 4 is 40.3 Å². The molecule has 2 amide bonds. The SMILES string of the molecule is CCOC(=O)C1CN(C(=O)Cc2c[nH]c3cc(Cl)ccc23)CC2CN(C(=O)c3ccc(OC(C)C)c(OC)c3)CC21. The minimum atomic E-state index is -0.506. The highest BCUT2D eigenvalue weighted by Gasteiger charge is 2.48. The zero-order valence-corrected chi connectivity index (χ0v) is 24.6. The van der Waals surface area contributed by atoms with Crippen LogP contribution in [0.4, 0.5) is 0 Å². The van der Waals surface area contributed by atoms with E-state index in [4.69, 9.17) is 25.8 Å². The van der Waals surface area contributed by atoms with Crippen LogP contribution in [0.15, 0.2) is 42.6 Å². The van der Waals surface area contributed by atoms with Gasteiger partial charge in [-0.25, -0.2) is 0 Å². The summed E-state index contributed by atoms with van der Waals surface area (Å²) in [5, 5.41) is 1.56. The van der Waals surface area contributed by atoms with Gasteiger partial charge in [-0.15, -0.1) is 0 Å². The number of halogens is 1. The summed E-state index contributed by atoms with van der Waals surface area (Å²) in [6, 6.07) is 10.7. The lowest BCUT2D eigenvalue weighted by Gasteiger charge is -2.39. The Kier molecular flexibility index (Phi) is 8.45. The van der Waals surface area contributed by atoms with Gasteiger partial charge in [-0.1, -0.05) is 17.7 Å². The number of aromatic amines is 1. The predicted molar refractivity (Wildman–Crippen MR) is 155 cm³/mol. The number of piperidine rings is 1. The average Bonchev–Trinajstić information content (AvgIpc) is 3.56. The maximum atomic E-state index is 13.6. The number of rotatable bonds is 8. The molecule has 41 heavy (non-hydrogen) atoms. The van der Waals surface area contributed by atoms with Crippen LogP contribution in [0.3, 0.4) is 0 Å². The van der Waals surface area contributed by atoms with Gasteiger partial charge in [0.25, 0.3) is 5.91 Å². The van der Waals surface area contributed by atoms with E-state index in [1.54, 1.807) is 48.1 Å². The Balaban J connectivity index is 1.34. The number of hydrogen-bond acceptors (Lipinski definition) is 6. The van der Waals surface area contributed by atoms with E-state index in [0.29, 0.717) is 41.7 Å². The number of likely N-dealkylation sites (tertiary alicyclic amines) is 2. The molecular formula is C31H36ClN3O6. The molecule has 2 aliphatic rings. The molecule has 3 unspecified atom stereocenters. The first-order valence-corrected chi connectivity index (χ1v) is 14.4. The van der Waals surface area contributed by atoms with Crippen LogP contribution < -0.4 is 9.47 Å². The third-order valence-corrected chi connectivity index (χ3v) is 8.19. The summed E-state index contributed by atoms with van der Waals surface area (Å²) in [6.45, 7) is 7.49. The lowest BCUT2D eigenvalue weighted by Crippen LogP contribution is -2.51. The van der Waals surface area contributed by atoms with Gasteiger partial charge in [0.05, 0.1) is 32.2 Å². The van der Waals surface area contributed by atoms with Crippen LogP contribution in [-0.2, 0) is 20.7 Å². The van der Waals surface area contributed by atoms with Gasteiger partial charge in [0.15, 0.2) is 11.5 Å². The largest absolute Gasteiger partial charge is 0.493 e. The summed E-state index contributed by atoms with van der Waals surface area (Å²) in [4.78, 5) is 46.9. The lowest BCUT2D eigenvalue weighted by molar-refractivity contribution is -0.154. The van der Waals surface area contributed by atoms with Gasteiger partial charge < -0.3 is 29.0 Å². The van der Waals surface area contributed by atoms with Crippen LogP contribution in [-0.4, -0.2) is 78.6 Å². The molecule has 3 heterocycles. The number of H-pyrrole nitrogens is 1. The zero-order valence-electron chi connectivity index (χ0n) is 23.8. The highest BCUT2D eigenvalue weighted by atomic mass is 35.5. The monoisotopic (exact) mass is 581 g/mol. The van der Waals surface area contributed by atoms with Crippen LogP contribution in [0.1, 0.15) is 36.7 Å². The number of benzene rings is 2.